The first kappa shape index (κ1) is 21.3. The Kier molecular flexibility index (Phi) is 8.76. The van der Waals surface area contributed by atoms with Crippen molar-refractivity contribution in [3.8, 4) is 0 Å². The number of likely N-dealkylation sites (tertiary alicyclic amines) is 1. The third-order valence-electron chi connectivity index (χ3n) is 5.49. The average Bonchev–Trinajstić information content (AvgIpc) is 3.22. The minimum absolute atomic E-state index is 0.456. The molecule has 0 bridgehead atoms. The van der Waals surface area contributed by atoms with E-state index in [0.29, 0.717) is 24.1 Å². The van der Waals surface area contributed by atoms with E-state index in [9.17, 15) is 4.21 Å². The van der Waals surface area contributed by atoms with Crippen LogP contribution in [-0.2, 0) is 21.3 Å². The van der Waals surface area contributed by atoms with E-state index in [4.69, 9.17) is 4.74 Å². The van der Waals surface area contributed by atoms with Crippen LogP contribution in [0.25, 0.3) is 0 Å². The minimum atomic E-state index is -0.866. The molecule has 1 aromatic carbocycles. The molecule has 7 heteroatoms. The Morgan fingerprint density at radius 3 is 2.71 bits per heavy atom. The summed E-state index contributed by atoms with van der Waals surface area (Å²) >= 11 is 0. The third kappa shape index (κ3) is 7.18. The smallest absolute Gasteiger partial charge is 0.191 e. The molecule has 3 rings (SSSR count). The van der Waals surface area contributed by atoms with Gasteiger partial charge < -0.3 is 20.3 Å². The molecule has 6 nitrogen and oxygen atoms in total. The van der Waals surface area contributed by atoms with Gasteiger partial charge in [0.15, 0.2) is 5.96 Å². The van der Waals surface area contributed by atoms with Crippen molar-refractivity contribution in [1.29, 1.82) is 0 Å². The highest BCUT2D eigenvalue weighted by molar-refractivity contribution is 7.84. The van der Waals surface area contributed by atoms with Crippen molar-refractivity contribution in [3.63, 3.8) is 0 Å². The van der Waals surface area contributed by atoms with Crippen molar-refractivity contribution in [2.75, 3.05) is 52.2 Å². The van der Waals surface area contributed by atoms with Crippen LogP contribution in [0.5, 0.6) is 0 Å². The molecule has 2 heterocycles. The molecule has 2 unspecified atom stereocenters. The van der Waals surface area contributed by atoms with Crippen LogP contribution in [-0.4, -0.2) is 73.3 Å². The molecule has 0 spiro atoms. The second-order valence-electron chi connectivity index (χ2n) is 7.72. The number of rotatable bonds is 8. The Labute approximate surface area is 171 Å². The highest BCUT2D eigenvalue weighted by atomic mass is 32.2. The van der Waals surface area contributed by atoms with Crippen LogP contribution in [0.1, 0.15) is 24.8 Å². The maximum absolute atomic E-state index is 12.2. The highest BCUT2D eigenvalue weighted by Crippen LogP contribution is 2.17. The Morgan fingerprint density at radius 2 is 2.04 bits per heavy atom. The zero-order valence-corrected chi connectivity index (χ0v) is 17.8. The fourth-order valence-electron chi connectivity index (χ4n) is 3.86. The lowest BCUT2D eigenvalue weighted by molar-refractivity contribution is 0.150. The van der Waals surface area contributed by atoms with Crippen LogP contribution < -0.4 is 10.6 Å². The fourth-order valence-corrected chi connectivity index (χ4v) is 4.89. The molecule has 0 amide bonds. The SMILES string of the molecule is CN=C(NCCS(=O)Cc1ccccc1)NC1CCN(CC2CCOC2)CC1. The summed E-state index contributed by atoms with van der Waals surface area (Å²) in [7, 11) is 0.931. The Hall–Kier alpha value is -1.44. The summed E-state index contributed by atoms with van der Waals surface area (Å²) in [6.45, 7) is 5.96. The molecule has 2 fully saturated rings. The van der Waals surface area contributed by atoms with Crippen LogP contribution >= 0.6 is 0 Å². The standard InChI is InChI=1S/C21H34N4O2S/c1-22-21(23-10-14-28(26)17-18-5-3-2-4-6-18)24-20-7-11-25(12-8-20)15-19-9-13-27-16-19/h2-6,19-20H,7-17H2,1H3,(H2,22,23,24). The molecule has 1 aromatic rings. The lowest BCUT2D eigenvalue weighted by Gasteiger charge is -2.34. The average molecular weight is 407 g/mol. The van der Waals surface area contributed by atoms with E-state index in [2.05, 4.69) is 20.5 Å². The predicted molar refractivity (Wildman–Crippen MR) is 116 cm³/mol. The van der Waals surface area contributed by atoms with Crippen LogP contribution in [0.3, 0.4) is 0 Å². The van der Waals surface area contributed by atoms with E-state index < -0.39 is 10.8 Å². The molecule has 0 radical (unpaired) electrons. The summed E-state index contributed by atoms with van der Waals surface area (Å²) in [5.74, 6) is 2.77. The number of benzene rings is 1. The predicted octanol–water partition coefficient (Wildman–Crippen LogP) is 1.60. The Morgan fingerprint density at radius 1 is 1.25 bits per heavy atom. The van der Waals surface area contributed by atoms with Crippen molar-refractivity contribution in [1.82, 2.24) is 15.5 Å². The largest absolute Gasteiger partial charge is 0.381 e. The van der Waals surface area contributed by atoms with Gasteiger partial charge in [0.25, 0.3) is 0 Å². The van der Waals surface area contributed by atoms with Crippen molar-refractivity contribution in [3.05, 3.63) is 35.9 Å². The van der Waals surface area contributed by atoms with Crippen molar-refractivity contribution >= 4 is 16.8 Å². The van der Waals surface area contributed by atoms with E-state index in [-0.39, 0.29) is 0 Å². The first-order chi connectivity index (χ1) is 13.7. The highest BCUT2D eigenvalue weighted by Gasteiger charge is 2.24. The minimum Gasteiger partial charge on any atom is -0.381 e. The lowest BCUT2D eigenvalue weighted by Crippen LogP contribution is -2.49. The molecule has 0 aliphatic carbocycles. The second-order valence-corrected chi connectivity index (χ2v) is 9.30. The molecule has 2 aliphatic rings. The van der Waals surface area contributed by atoms with E-state index in [1.807, 2.05) is 30.3 Å². The van der Waals surface area contributed by atoms with Gasteiger partial charge in [-0.05, 0) is 30.7 Å². The number of hydrogen-bond acceptors (Lipinski definition) is 4. The number of ether oxygens (including phenoxy) is 1. The van der Waals surface area contributed by atoms with Gasteiger partial charge in [0.05, 0.1) is 6.61 Å². The molecule has 2 aliphatic heterocycles. The van der Waals surface area contributed by atoms with Gasteiger partial charge in [-0.15, -0.1) is 0 Å². The second kappa shape index (κ2) is 11.5. The van der Waals surface area contributed by atoms with Gasteiger partial charge in [-0.2, -0.15) is 0 Å². The van der Waals surface area contributed by atoms with Crippen LogP contribution in [0.2, 0.25) is 0 Å². The number of piperidine rings is 1. The maximum atomic E-state index is 12.2. The summed E-state index contributed by atoms with van der Waals surface area (Å²) in [6, 6.07) is 10.5. The zero-order chi connectivity index (χ0) is 19.6. The van der Waals surface area contributed by atoms with Crippen LogP contribution in [0, 0.1) is 5.92 Å². The van der Waals surface area contributed by atoms with Gasteiger partial charge >= 0.3 is 0 Å². The summed E-state index contributed by atoms with van der Waals surface area (Å²) in [5.41, 5.74) is 1.12. The summed E-state index contributed by atoms with van der Waals surface area (Å²) < 4.78 is 17.7. The van der Waals surface area contributed by atoms with Gasteiger partial charge in [0.2, 0.25) is 0 Å². The number of guanidine groups is 1. The third-order valence-corrected chi connectivity index (χ3v) is 6.80. The van der Waals surface area contributed by atoms with E-state index >= 15 is 0 Å². The molecule has 28 heavy (non-hydrogen) atoms. The number of aliphatic imine (C=N–C) groups is 1. The summed E-state index contributed by atoms with van der Waals surface area (Å²) in [4.78, 5) is 6.90. The van der Waals surface area contributed by atoms with Crippen molar-refractivity contribution < 1.29 is 8.95 Å². The zero-order valence-electron chi connectivity index (χ0n) is 16.9. The summed E-state index contributed by atoms with van der Waals surface area (Å²) in [6.07, 6.45) is 3.48. The number of nitrogens with one attached hydrogen (secondary N) is 2. The Balaban J connectivity index is 1.30. The number of hydrogen-bond donors (Lipinski definition) is 2. The lowest BCUT2D eigenvalue weighted by atomic mass is 10.0. The molecule has 156 valence electrons. The van der Waals surface area contributed by atoms with Gasteiger partial charge in [-0.3, -0.25) is 9.20 Å². The molecular weight excluding hydrogens is 372 g/mol. The number of nitrogens with zero attached hydrogens (tertiary/aromatic N) is 2. The molecule has 2 saturated heterocycles. The molecule has 0 aromatic heterocycles. The normalized spacial score (nSPS) is 22.9. The molecule has 0 saturated carbocycles. The van der Waals surface area contributed by atoms with Crippen LogP contribution in [0.4, 0.5) is 0 Å². The Bertz CT molecular complexity index is 627. The molecule has 2 atom stereocenters. The topological polar surface area (TPSA) is 66.0 Å². The first-order valence-corrected chi connectivity index (χ1v) is 11.9. The van der Waals surface area contributed by atoms with E-state index in [0.717, 1.165) is 56.6 Å². The van der Waals surface area contributed by atoms with E-state index in [1.54, 1.807) is 7.05 Å². The fraction of sp³-hybridized carbons (Fsp3) is 0.667. The van der Waals surface area contributed by atoms with Gasteiger partial charge in [0.1, 0.15) is 0 Å². The monoisotopic (exact) mass is 406 g/mol. The molecule has 2 N–H and O–H groups in total. The quantitative estimate of drug-likeness (QED) is 0.507. The van der Waals surface area contributed by atoms with Gasteiger partial charge in [-0.25, -0.2) is 0 Å². The van der Waals surface area contributed by atoms with Crippen molar-refractivity contribution in [2.45, 2.75) is 31.1 Å². The maximum Gasteiger partial charge on any atom is 0.191 e. The van der Waals surface area contributed by atoms with Gasteiger partial charge in [0, 0.05) is 68.2 Å². The van der Waals surface area contributed by atoms with Crippen molar-refractivity contribution in [2.24, 2.45) is 10.9 Å². The van der Waals surface area contributed by atoms with Crippen LogP contribution in [0.15, 0.2) is 35.3 Å². The molecular formula is C21H34N4O2S. The van der Waals surface area contributed by atoms with E-state index in [1.165, 1.54) is 13.0 Å². The van der Waals surface area contributed by atoms with Gasteiger partial charge in [-0.1, -0.05) is 30.3 Å². The summed E-state index contributed by atoms with van der Waals surface area (Å²) in [5, 5.41) is 6.85. The first-order valence-electron chi connectivity index (χ1n) is 10.4.